The minimum atomic E-state index is -0.843. The van der Waals surface area contributed by atoms with E-state index in [2.05, 4.69) is 5.32 Å². The van der Waals surface area contributed by atoms with Crippen LogP contribution in [0.5, 0.6) is 0 Å². The smallest absolute Gasteiger partial charge is 0.307 e. The number of piperidine rings is 1. The molecule has 2 bridgehead atoms. The van der Waals surface area contributed by atoms with Gasteiger partial charge in [0.1, 0.15) is 5.00 Å². The number of carboxylic acid groups (broad SMARTS) is 1. The third-order valence-corrected chi connectivity index (χ3v) is 9.28. The number of aryl methyl sites for hydroxylation is 1. The Hall–Kier alpha value is -1.89. The molecule has 2 atom stereocenters. The van der Waals surface area contributed by atoms with Crippen molar-refractivity contribution in [2.45, 2.75) is 70.6 Å². The summed E-state index contributed by atoms with van der Waals surface area (Å²) in [5, 5.41) is 13.6. The van der Waals surface area contributed by atoms with Gasteiger partial charge in [0.15, 0.2) is 0 Å². The van der Waals surface area contributed by atoms with Crippen LogP contribution in [-0.2, 0) is 22.4 Å². The van der Waals surface area contributed by atoms with Crippen LogP contribution in [0.25, 0.3) is 0 Å². The highest BCUT2D eigenvalue weighted by Gasteiger charge is 2.50. The molecule has 4 aliphatic carbocycles. The van der Waals surface area contributed by atoms with Crippen molar-refractivity contribution in [2.75, 3.05) is 18.4 Å². The first-order chi connectivity index (χ1) is 15.0. The van der Waals surface area contributed by atoms with Crippen molar-refractivity contribution >= 4 is 34.1 Å². The molecule has 168 valence electrons. The minimum absolute atomic E-state index is 0.0503. The summed E-state index contributed by atoms with van der Waals surface area (Å²) in [5.74, 6) is -1.82. The molecule has 6 nitrogen and oxygen atoms in total. The largest absolute Gasteiger partial charge is 0.481 e. The second kappa shape index (κ2) is 8.57. The molecule has 2 amide bonds. The number of carboxylic acids is 1. The number of carbonyl (C=O) groups is 3. The van der Waals surface area contributed by atoms with Crippen LogP contribution in [0.3, 0.4) is 0 Å². The SMILES string of the molecule is O=C(Nc1sc2c(c1C(=O)N1CCCCC1)CCCC2)[C@@H]1C2CCC(CC2)[C@@H]1C(=O)O. The van der Waals surface area contributed by atoms with Crippen LogP contribution in [0.4, 0.5) is 5.00 Å². The van der Waals surface area contributed by atoms with E-state index in [1.54, 1.807) is 11.3 Å². The van der Waals surface area contributed by atoms with E-state index < -0.39 is 17.8 Å². The van der Waals surface area contributed by atoms with Gasteiger partial charge in [-0.25, -0.2) is 0 Å². The van der Waals surface area contributed by atoms with Crippen molar-refractivity contribution in [2.24, 2.45) is 23.7 Å². The van der Waals surface area contributed by atoms with Crippen molar-refractivity contribution in [3.63, 3.8) is 0 Å². The van der Waals surface area contributed by atoms with Crippen molar-refractivity contribution < 1.29 is 19.5 Å². The highest BCUT2D eigenvalue weighted by Crippen LogP contribution is 2.50. The number of hydrogen-bond donors (Lipinski definition) is 2. The molecule has 3 saturated carbocycles. The number of fused-ring (bicyclic) bond motifs is 4. The quantitative estimate of drug-likeness (QED) is 0.724. The van der Waals surface area contributed by atoms with Gasteiger partial charge in [-0.05, 0) is 88.0 Å². The molecular formula is C24H32N2O4S. The minimum Gasteiger partial charge on any atom is -0.481 e. The van der Waals surface area contributed by atoms with Gasteiger partial charge >= 0.3 is 5.97 Å². The number of amides is 2. The monoisotopic (exact) mass is 444 g/mol. The lowest BCUT2D eigenvalue weighted by Crippen LogP contribution is -2.49. The molecule has 1 saturated heterocycles. The average Bonchev–Trinajstić information content (AvgIpc) is 3.16. The number of hydrogen-bond acceptors (Lipinski definition) is 4. The van der Waals surface area contributed by atoms with Crippen molar-refractivity contribution in [1.82, 2.24) is 4.90 Å². The van der Waals surface area contributed by atoms with Gasteiger partial charge in [-0.3, -0.25) is 14.4 Å². The summed E-state index contributed by atoms with van der Waals surface area (Å²) in [5.41, 5.74) is 1.82. The predicted molar refractivity (Wildman–Crippen MR) is 119 cm³/mol. The molecule has 2 N–H and O–H groups in total. The first kappa shape index (κ1) is 21.0. The van der Waals surface area contributed by atoms with Crippen molar-refractivity contribution in [1.29, 1.82) is 0 Å². The summed E-state index contributed by atoms with van der Waals surface area (Å²) in [6.45, 7) is 1.56. The van der Waals surface area contributed by atoms with Crippen LogP contribution >= 0.6 is 11.3 Å². The molecule has 1 aromatic heterocycles. The van der Waals surface area contributed by atoms with Gasteiger partial charge in [0.05, 0.1) is 17.4 Å². The summed E-state index contributed by atoms with van der Waals surface area (Å²) < 4.78 is 0. The Labute approximate surface area is 187 Å². The van der Waals surface area contributed by atoms with Gasteiger partial charge in [-0.2, -0.15) is 0 Å². The maximum Gasteiger partial charge on any atom is 0.307 e. The van der Waals surface area contributed by atoms with Gasteiger partial charge in [-0.1, -0.05) is 0 Å². The molecule has 1 aromatic rings. The van der Waals surface area contributed by atoms with E-state index in [0.29, 0.717) is 10.6 Å². The number of anilines is 1. The van der Waals surface area contributed by atoms with Crippen LogP contribution in [0.2, 0.25) is 0 Å². The second-order valence-corrected chi connectivity index (χ2v) is 10.9. The zero-order valence-corrected chi connectivity index (χ0v) is 18.8. The standard InChI is InChI=1S/C24H32N2O4S/c27-21(18-14-8-10-15(11-9-14)19(18)24(29)30)25-22-20(16-6-2-3-7-17(16)31-22)23(28)26-12-4-1-5-13-26/h14-15,18-19H,1-13H2,(H,25,27)(H,29,30)/t14?,15?,18-,19+/m1/s1. The molecule has 0 aromatic carbocycles. The van der Waals surface area contributed by atoms with Crippen LogP contribution in [-0.4, -0.2) is 40.9 Å². The molecule has 6 rings (SSSR count). The Kier molecular flexibility index (Phi) is 5.80. The normalized spacial score (nSPS) is 30.0. The number of rotatable bonds is 4. The van der Waals surface area contributed by atoms with Crippen molar-refractivity contribution in [3.8, 4) is 0 Å². The predicted octanol–water partition coefficient (Wildman–Crippen LogP) is 4.33. The Morgan fingerprint density at radius 2 is 1.52 bits per heavy atom. The molecule has 2 heterocycles. The van der Waals surface area contributed by atoms with Gasteiger partial charge in [0.25, 0.3) is 5.91 Å². The lowest BCUT2D eigenvalue weighted by Gasteiger charge is -2.45. The fourth-order valence-electron chi connectivity index (χ4n) is 6.51. The fourth-order valence-corrected chi connectivity index (χ4v) is 7.80. The van der Waals surface area contributed by atoms with Crippen LogP contribution in [0, 0.1) is 23.7 Å². The van der Waals surface area contributed by atoms with Crippen LogP contribution in [0.15, 0.2) is 0 Å². The van der Waals surface area contributed by atoms with E-state index in [1.807, 2.05) is 4.90 Å². The average molecular weight is 445 g/mol. The Morgan fingerprint density at radius 1 is 0.871 bits per heavy atom. The molecular weight excluding hydrogens is 412 g/mol. The number of nitrogens with one attached hydrogen (secondary N) is 1. The van der Waals surface area contributed by atoms with E-state index in [4.69, 9.17) is 0 Å². The number of nitrogens with zero attached hydrogens (tertiary/aromatic N) is 1. The molecule has 1 aliphatic heterocycles. The summed E-state index contributed by atoms with van der Waals surface area (Å²) in [4.78, 5) is 42.1. The number of carbonyl (C=O) groups excluding carboxylic acids is 2. The fraction of sp³-hybridized carbons (Fsp3) is 0.708. The molecule has 0 spiro atoms. The maximum absolute atomic E-state index is 13.5. The Balaban J connectivity index is 1.44. The van der Waals surface area contributed by atoms with E-state index in [9.17, 15) is 19.5 Å². The highest BCUT2D eigenvalue weighted by atomic mass is 32.1. The summed E-state index contributed by atoms with van der Waals surface area (Å²) in [7, 11) is 0. The summed E-state index contributed by atoms with van der Waals surface area (Å²) >= 11 is 1.55. The third kappa shape index (κ3) is 3.79. The molecule has 0 unspecified atom stereocenters. The Bertz CT molecular complexity index is 880. The summed E-state index contributed by atoms with van der Waals surface area (Å²) in [6, 6.07) is 0. The van der Waals surface area contributed by atoms with E-state index in [0.717, 1.165) is 89.3 Å². The van der Waals surface area contributed by atoms with Crippen molar-refractivity contribution in [3.05, 3.63) is 16.0 Å². The Morgan fingerprint density at radius 3 is 2.19 bits per heavy atom. The van der Waals surface area contributed by atoms with E-state index in [1.165, 1.54) is 4.88 Å². The number of aliphatic carboxylic acids is 1. The molecule has 31 heavy (non-hydrogen) atoms. The second-order valence-electron chi connectivity index (χ2n) is 9.82. The zero-order chi connectivity index (χ0) is 21.5. The first-order valence-corrected chi connectivity index (χ1v) is 12.8. The van der Waals surface area contributed by atoms with Crippen LogP contribution in [0.1, 0.15) is 78.6 Å². The summed E-state index contributed by atoms with van der Waals surface area (Å²) in [6.07, 6.45) is 11.0. The van der Waals surface area contributed by atoms with E-state index >= 15 is 0 Å². The first-order valence-electron chi connectivity index (χ1n) is 12.0. The lowest BCUT2D eigenvalue weighted by molar-refractivity contribution is -0.156. The molecule has 7 heteroatoms. The van der Waals surface area contributed by atoms with Gasteiger partial charge in [-0.15, -0.1) is 11.3 Å². The number of thiophene rings is 1. The molecule has 0 radical (unpaired) electrons. The maximum atomic E-state index is 13.5. The number of likely N-dealkylation sites (tertiary alicyclic amines) is 1. The van der Waals surface area contributed by atoms with Gasteiger partial charge < -0.3 is 15.3 Å². The van der Waals surface area contributed by atoms with Gasteiger partial charge in [0.2, 0.25) is 5.91 Å². The lowest BCUT2D eigenvalue weighted by atomic mass is 9.58. The molecule has 4 fully saturated rings. The third-order valence-electron chi connectivity index (χ3n) is 8.07. The zero-order valence-electron chi connectivity index (χ0n) is 18.0. The van der Waals surface area contributed by atoms with Crippen LogP contribution < -0.4 is 5.32 Å². The highest BCUT2D eigenvalue weighted by molar-refractivity contribution is 7.17. The molecule has 5 aliphatic rings. The van der Waals surface area contributed by atoms with Gasteiger partial charge in [0, 0.05) is 18.0 Å². The van der Waals surface area contributed by atoms with E-state index in [-0.39, 0.29) is 23.7 Å². The topological polar surface area (TPSA) is 86.7 Å².